The third-order valence-electron chi connectivity index (χ3n) is 6.67. The number of aliphatic carboxylic acids is 1. The van der Waals surface area contributed by atoms with Gasteiger partial charge in [-0.05, 0) is 35.7 Å². The van der Waals surface area contributed by atoms with Gasteiger partial charge in [-0.2, -0.15) is 0 Å². The van der Waals surface area contributed by atoms with Crippen LogP contribution in [0.5, 0.6) is 0 Å². The zero-order chi connectivity index (χ0) is 26.2. The maximum atomic E-state index is 13.1. The van der Waals surface area contributed by atoms with Gasteiger partial charge < -0.3 is 15.0 Å². The van der Waals surface area contributed by atoms with E-state index in [2.05, 4.69) is 22.5 Å². The maximum absolute atomic E-state index is 13.1. The maximum Gasteiger partial charge on any atom is 0.322 e. The molecule has 4 rings (SSSR count). The summed E-state index contributed by atoms with van der Waals surface area (Å²) in [5, 5.41) is 13.1. The molecule has 0 saturated heterocycles. The van der Waals surface area contributed by atoms with Gasteiger partial charge in [0.2, 0.25) is 0 Å². The van der Waals surface area contributed by atoms with Crippen molar-refractivity contribution in [3.05, 3.63) is 108 Å². The van der Waals surface area contributed by atoms with E-state index in [0.29, 0.717) is 31.5 Å². The molecule has 0 aliphatic rings. The lowest BCUT2D eigenvalue weighted by Gasteiger charge is -2.36. The van der Waals surface area contributed by atoms with Crippen molar-refractivity contribution < 1.29 is 14.7 Å². The Bertz CT molecular complexity index is 1310. The van der Waals surface area contributed by atoms with Crippen LogP contribution in [0.25, 0.3) is 10.9 Å². The van der Waals surface area contributed by atoms with Gasteiger partial charge in [-0.25, -0.2) is 10.4 Å². The first kappa shape index (κ1) is 26.1. The van der Waals surface area contributed by atoms with Gasteiger partial charge in [-0.1, -0.05) is 73.7 Å². The lowest BCUT2D eigenvalue weighted by molar-refractivity contribution is -0.141. The fourth-order valence-corrected chi connectivity index (χ4v) is 4.72. The second-order valence-corrected chi connectivity index (χ2v) is 9.26. The van der Waals surface area contributed by atoms with Crippen molar-refractivity contribution in [1.82, 2.24) is 20.3 Å². The van der Waals surface area contributed by atoms with Crippen molar-refractivity contribution in [2.45, 2.75) is 31.8 Å². The number of rotatable bonds is 12. The number of hydrazine groups is 1. The fourth-order valence-electron chi connectivity index (χ4n) is 4.72. The highest BCUT2D eigenvalue weighted by Gasteiger charge is 2.28. The number of carbonyl (C=O) groups excluding carboxylic acids is 1. The average molecular weight is 499 g/mol. The number of carboxylic acid groups (broad SMARTS) is 1. The molecule has 0 spiro atoms. The molecule has 0 radical (unpaired) electrons. The van der Waals surface area contributed by atoms with Crippen molar-refractivity contribution in [1.29, 1.82) is 0 Å². The molecule has 1 heterocycles. The lowest BCUT2D eigenvalue weighted by atomic mass is 10.0. The standard InChI is InChI=1S/C30H34N4O3/c1-3-34(32-28(30(36)37)19-24-20-31-27-17-11-10-16-26(24)27)25(18-22-12-6-4-7-13-22)21-33(2)29(35)23-14-8-5-9-15-23/h4-17,20,25,28,31-32H,3,18-19,21H2,1-2H3,(H,36,37)/t25?,28-/m0/s1. The number of aromatic amines is 1. The van der Waals surface area contributed by atoms with E-state index in [1.54, 1.807) is 11.9 Å². The molecule has 0 fully saturated rings. The second kappa shape index (κ2) is 12.3. The summed E-state index contributed by atoms with van der Waals surface area (Å²) in [5.41, 5.74) is 6.97. The molecule has 7 heteroatoms. The first-order chi connectivity index (χ1) is 18.0. The molecule has 2 atom stereocenters. The number of likely N-dealkylation sites (N-methyl/N-ethyl adjacent to an activating group) is 2. The van der Waals surface area contributed by atoms with E-state index < -0.39 is 12.0 Å². The normalized spacial score (nSPS) is 12.9. The zero-order valence-corrected chi connectivity index (χ0v) is 21.3. The highest BCUT2D eigenvalue weighted by atomic mass is 16.4. The van der Waals surface area contributed by atoms with Gasteiger partial charge in [0.05, 0.1) is 0 Å². The van der Waals surface area contributed by atoms with Crippen molar-refractivity contribution in [3.8, 4) is 0 Å². The van der Waals surface area contributed by atoms with Crippen LogP contribution in [0.3, 0.4) is 0 Å². The number of hydrogen-bond donors (Lipinski definition) is 3. The van der Waals surface area contributed by atoms with Gasteiger partial charge in [0, 0.05) is 55.3 Å². The molecule has 4 aromatic rings. The number of aromatic nitrogens is 1. The minimum absolute atomic E-state index is 0.0664. The molecule has 0 bridgehead atoms. The number of para-hydroxylation sites is 1. The number of benzene rings is 3. The van der Waals surface area contributed by atoms with Gasteiger partial charge in [0.15, 0.2) is 0 Å². The summed E-state index contributed by atoms with van der Waals surface area (Å²) in [6.45, 7) is 3.00. The number of nitrogens with zero attached hydrogens (tertiary/aromatic N) is 2. The third kappa shape index (κ3) is 6.64. The van der Waals surface area contributed by atoms with Crippen LogP contribution < -0.4 is 5.43 Å². The van der Waals surface area contributed by atoms with E-state index in [0.717, 1.165) is 22.0 Å². The minimum Gasteiger partial charge on any atom is -0.480 e. The van der Waals surface area contributed by atoms with Crippen molar-refractivity contribution >= 4 is 22.8 Å². The van der Waals surface area contributed by atoms with Gasteiger partial charge in [0.25, 0.3) is 5.91 Å². The number of nitrogens with one attached hydrogen (secondary N) is 2. The SMILES string of the molecule is CCN(N[C@@H](Cc1c[nH]c2ccccc12)C(=O)O)C(Cc1ccccc1)CN(C)C(=O)c1ccccc1. The topological polar surface area (TPSA) is 88.7 Å². The summed E-state index contributed by atoms with van der Waals surface area (Å²) in [7, 11) is 1.79. The van der Waals surface area contributed by atoms with E-state index in [9.17, 15) is 14.7 Å². The van der Waals surface area contributed by atoms with Crippen molar-refractivity contribution in [2.24, 2.45) is 0 Å². The van der Waals surface area contributed by atoms with E-state index in [1.807, 2.05) is 90.9 Å². The van der Waals surface area contributed by atoms with Crippen LogP contribution in [0.1, 0.15) is 28.4 Å². The molecule has 0 aliphatic carbocycles. The molecule has 192 valence electrons. The minimum atomic E-state index is -0.920. The Kier molecular flexibility index (Phi) is 8.72. The fraction of sp³-hybridized carbons (Fsp3) is 0.267. The molecule has 1 amide bonds. The molecule has 3 aromatic carbocycles. The van der Waals surface area contributed by atoms with E-state index in [-0.39, 0.29) is 11.9 Å². The van der Waals surface area contributed by atoms with Crippen molar-refractivity contribution in [2.75, 3.05) is 20.1 Å². The molecule has 0 aliphatic heterocycles. The number of carbonyl (C=O) groups is 2. The lowest BCUT2D eigenvalue weighted by Crippen LogP contribution is -2.57. The van der Waals surface area contributed by atoms with Crippen LogP contribution in [0.4, 0.5) is 0 Å². The average Bonchev–Trinajstić information content (AvgIpc) is 3.34. The molecule has 1 aromatic heterocycles. The quantitative estimate of drug-likeness (QED) is 0.253. The first-order valence-corrected chi connectivity index (χ1v) is 12.6. The van der Waals surface area contributed by atoms with Crippen LogP contribution in [-0.4, -0.2) is 64.1 Å². The summed E-state index contributed by atoms with van der Waals surface area (Å²) in [6, 6.07) is 26.2. The molecule has 0 saturated carbocycles. The third-order valence-corrected chi connectivity index (χ3v) is 6.67. The van der Waals surface area contributed by atoms with E-state index in [4.69, 9.17) is 0 Å². The van der Waals surface area contributed by atoms with Crippen LogP contribution in [-0.2, 0) is 17.6 Å². The zero-order valence-electron chi connectivity index (χ0n) is 21.3. The van der Waals surface area contributed by atoms with E-state index in [1.165, 1.54) is 0 Å². The molecule has 1 unspecified atom stereocenters. The Labute approximate surface area is 217 Å². The van der Waals surface area contributed by atoms with Gasteiger partial charge >= 0.3 is 5.97 Å². The Hall–Kier alpha value is -3.94. The molecule has 37 heavy (non-hydrogen) atoms. The van der Waals surface area contributed by atoms with Crippen LogP contribution in [0.15, 0.2) is 91.1 Å². The van der Waals surface area contributed by atoms with Gasteiger partial charge in [-0.15, -0.1) is 0 Å². The van der Waals surface area contributed by atoms with E-state index >= 15 is 0 Å². The number of H-pyrrole nitrogens is 1. The number of fused-ring (bicyclic) bond motifs is 1. The highest BCUT2D eigenvalue weighted by Crippen LogP contribution is 2.20. The first-order valence-electron chi connectivity index (χ1n) is 12.6. The predicted molar refractivity (Wildman–Crippen MR) is 146 cm³/mol. The molecule has 7 nitrogen and oxygen atoms in total. The van der Waals surface area contributed by atoms with Crippen molar-refractivity contribution in [3.63, 3.8) is 0 Å². The Morgan fingerprint density at radius 1 is 0.919 bits per heavy atom. The molecular weight excluding hydrogens is 464 g/mol. The number of carboxylic acids is 1. The largest absolute Gasteiger partial charge is 0.480 e. The molecule has 3 N–H and O–H groups in total. The van der Waals surface area contributed by atoms with Crippen LogP contribution in [0, 0.1) is 0 Å². The van der Waals surface area contributed by atoms with Gasteiger partial charge in [-0.3, -0.25) is 9.59 Å². The van der Waals surface area contributed by atoms with Crippen LogP contribution in [0.2, 0.25) is 0 Å². The summed E-state index contributed by atoms with van der Waals surface area (Å²) in [5.74, 6) is -0.987. The number of hydrogen-bond acceptors (Lipinski definition) is 4. The summed E-state index contributed by atoms with van der Waals surface area (Å²) in [4.78, 5) is 30.4. The summed E-state index contributed by atoms with van der Waals surface area (Å²) in [6.07, 6.45) is 2.87. The Morgan fingerprint density at radius 2 is 1.57 bits per heavy atom. The van der Waals surface area contributed by atoms with Gasteiger partial charge in [0.1, 0.15) is 6.04 Å². The monoisotopic (exact) mass is 498 g/mol. The molecular formula is C30H34N4O3. The number of amides is 1. The Balaban J connectivity index is 1.55. The van der Waals surface area contributed by atoms with Crippen LogP contribution >= 0.6 is 0 Å². The predicted octanol–water partition coefficient (Wildman–Crippen LogP) is 4.37. The highest BCUT2D eigenvalue weighted by molar-refractivity contribution is 5.94. The Morgan fingerprint density at radius 3 is 2.24 bits per heavy atom. The summed E-state index contributed by atoms with van der Waals surface area (Å²) < 4.78 is 0. The second-order valence-electron chi connectivity index (χ2n) is 9.26. The summed E-state index contributed by atoms with van der Waals surface area (Å²) >= 11 is 0. The smallest absolute Gasteiger partial charge is 0.322 e.